The molecule has 1 atom stereocenters. The number of nitrogens with one attached hydrogen (secondary N) is 1. The number of aliphatic hydroxyl groups excluding tert-OH is 1. The average Bonchev–Trinajstić information content (AvgIpc) is 2.82. The minimum Gasteiger partial charge on any atom is -0.480 e. The third-order valence-corrected chi connectivity index (χ3v) is 2.94. The Kier molecular flexibility index (Phi) is 5.69. The van der Waals surface area contributed by atoms with Gasteiger partial charge < -0.3 is 15.5 Å². The molecule has 1 unspecified atom stereocenters. The van der Waals surface area contributed by atoms with Crippen LogP contribution in [0.5, 0.6) is 0 Å². The Labute approximate surface area is 117 Å². The second kappa shape index (κ2) is 7.04. The molecule has 1 heterocycles. The first kappa shape index (κ1) is 16.2. The first-order valence-electron chi connectivity index (χ1n) is 6.62. The molecule has 3 N–H and O–H groups in total. The van der Waals surface area contributed by atoms with Crippen LogP contribution in [0.4, 0.5) is 0 Å². The number of rotatable bonds is 7. The predicted octanol–water partition coefficient (Wildman–Crippen LogP) is 0.592. The van der Waals surface area contributed by atoms with Crippen LogP contribution in [-0.4, -0.2) is 44.5 Å². The summed E-state index contributed by atoms with van der Waals surface area (Å²) in [5.41, 5.74) is 1.12. The Hall–Kier alpha value is -1.89. The van der Waals surface area contributed by atoms with E-state index in [1.54, 1.807) is 10.7 Å². The molecule has 7 nitrogen and oxygen atoms in total. The van der Waals surface area contributed by atoms with Gasteiger partial charge >= 0.3 is 5.97 Å². The van der Waals surface area contributed by atoms with Crippen LogP contribution < -0.4 is 5.32 Å². The second-order valence-electron chi connectivity index (χ2n) is 4.80. The van der Waals surface area contributed by atoms with E-state index in [4.69, 9.17) is 10.2 Å². The van der Waals surface area contributed by atoms with Crippen molar-refractivity contribution in [1.82, 2.24) is 15.1 Å². The zero-order valence-electron chi connectivity index (χ0n) is 12.0. The minimum atomic E-state index is -1.17. The fraction of sp³-hybridized carbons (Fsp3) is 0.615. The van der Waals surface area contributed by atoms with Gasteiger partial charge in [0.1, 0.15) is 11.7 Å². The molecular weight excluding hydrogens is 262 g/mol. The molecule has 20 heavy (non-hydrogen) atoms. The van der Waals surface area contributed by atoms with Crippen LogP contribution >= 0.6 is 0 Å². The average molecular weight is 283 g/mol. The van der Waals surface area contributed by atoms with Crippen LogP contribution in [-0.2, 0) is 11.3 Å². The van der Waals surface area contributed by atoms with Crippen LogP contribution in [0.1, 0.15) is 49.3 Å². The Balaban J connectivity index is 2.93. The molecule has 0 aliphatic rings. The molecule has 7 heteroatoms. The SMILES string of the molecule is CCn1nc(C(C)C)cc1C(=O)NC(CCO)C(=O)O. The first-order chi connectivity index (χ1) is 9.40. The standard InChI is InChI=1S/C13H21N3O4/c1-4-16-11(7-10(15-16)8(2)3)12(18)14-9(5-6-17)13(19)20/h7-9,17H,4-6H2,1-3H3,(H,14,18)(H,19,20). The zero-order chi connectivity index (χ0) is 15.3. The van der Waals surface area contributed by atoms with Crippen molar-refractivity contribution in [2.75, 3.05) is 6.61 Å². The van der Waals surface area contributed by atoms with Gasteiger partial charge in [0.05, 0.1) is 5.69 Å². The summed E-state index contributed by atoms with van der Waals surface area (Å²) in [6.45, 7) is 6.01. The Bertz CT molecular complexity index is 482. The molecular formula is C13H21N3O4. The number of aliphatic hydroxyl groups is 1. The molecule has 0 fully saturated rings. The number of hydrogen-bond donors (Lipinski definition) is 3. The van der Waals surface area contributed by atoms with Crippen molar-refractivity contribution in [3.63, 3.8) is 0 Å². The van der Waals surface area contributed by atoms with Gasteiger partial charge in [-0.15, -0.1) is 0 Å². The van der Waals surface area contributed by atoms with Crippen molar-refractivity contribution in [3.8, 4) is 0 Å². The number of carbonyl (C=O) groups is 2. The highest BCUT2D eigenvalue weighted by Crippen LogP contribution is 2.14. The monoisotopic (exact) mass is 283 g/mol. The van der Waals surface area contributed by atoms with Crippen LogP contribution in [0, 0.1) is 0 Å². The third-order valence-electron chi connectivity index (χ3n) is 2.94. The first-order valence-corrected chi connectivity index (χ1v) is 6.62. The maximum atomic E-state index is 12.1. The lowest BCUT2D eigenvalue weighted by Gasteiger charge is -2.13. The number of carboxylic acid groups (broad SMARTS) is 1. The number of amides is 1. The normalized spacial score (nSPS) is 12.4. The summed E-state index contributed by atoms with van der Waals surface area (Å²) in [6.07, 6.45) is -0.0294. The lowest BCUT2D eigenvalue weighted by atomic mass is 10.1. The Morgan fingerprint density at radius 2 is 2.10 bits per heavy atom. The van der Waals surface area contributed by atoms with E-state index in [1.165, 1.54) is 0 Å². The number of carbonyl (C=O) groups excluding carboxylic acids is 1. The van der Waals surface area contributed by atoms with Gasteiger partial charge in [-0.05, 0) is 18.9 Å². The summed E-state index contributed by atoms with van der Waals surface area (Å²) < 4.78 is 1.54. The molecule has 0 saturated carbocycles. The molecule has 0 saturated heterocycles. The molecule has 1 aromatic rings. The zero-order valence-corrected chi connectivity index (χ0v) is 12.0. The van der Waals surface area contributed by atoms with Gasteiger partial charge in [0.15, 0.2) is 0 Å². The molecule has 1 rings (SSSR count). The predicted molar refractivity (Wildman–Crippen MR) is 72.6 cm³/mol. The molecule has 0 aromatic carbocycles. The van der Waals surface area contributed by atoms with Crippen molar-refractivity contribution in [2.24, 2.45) is 0 Å². The lowest BCUT2D eigenvalue weighted by Crippen LogP contribution is -2.42. The largest absolute Gasteiger partial charge is 0.480 e. The molecule has 0 aliphatic carbocycles. The molecule has 1 amide bonds. The summed E-state index contributed by atoms with van der Waals surface area (Å²) in [7, 11) is 0. The quantitative estimate of drug-likeness (QED) is 0.679. The fourth-order valence-electron chi connectivity index (χ4n) is 1.76. The molecule has 0 spiro atoms. The lowest BCUT2D eigenvalue weighted by molar-refractivity contribution is -0.139. The van der Waals surface area contributed by atoms with Crippen molar-refractivity contribution in [2.45, 2.75) is 45.7 Å². The second-order valence-corrected chi connectivity index (χ2v) is 4.80. The van der Waals surface area contributed by atoms with Crippen molar-refractivity contribution in [1.29, 1.82) is 0 Å². The van der Waals surface area contributed by atoms with Crippen molar-refractivity contribution >= 4 is 11.9 Å². The summed E-state index contributed by atoms with van der Waals surface area (Å²) in [4.78, 5) is 23.1. The van der Waals surface area contributed by atoms with E-state index < -0.39 is 17.9 Å². The number of aromatic nitrogens is 2. The molecule has 0 radical (unpaired) electrons. The topological polar surface area (TPSA) is 104 Å². The number of aliphatic carboxylic acids is 1. The van der Waals surface area contributed by atoms with Gasteiger partial charge in [-0.2, -0.15) is 5.10 Å². The maximum absolute atomic E-state index is 12.1. The smallest absolute Gasteiger partial charge is 0.326 e. The Morgan fingerprint density at radius 3 is 2.55 bits per heavy atom. The van der Waals surface area contributed by atoms with Crippen LogP contribution in [0.25, 0.3) is 0 Å². The number of nitrogens with zero attached hydrogens (tertiary/aromatic N) is 2. The van der Waals surface area contributed by atoms with E-state index in [0.717, 1.165) is 5.69 Å². The van der Waals surface area contributed by atoms with Gasteiger partial charge in [-0.3, -0.25) is 9.48 Å². The van der Waals surface area contributed by atoms with Gasteiger partial charge in [0.25, 0.3) is 5.91 Å². The fourth-order valence-corrected chi connectivity index (χ4v) is 1.76. The highest BCUT2D eigenvalue weighted by Gasteiger charge is 2.23. The van der Waals surface area contributed by atoms with E-state index in [1.807, 2.05) is 20.8 Å². The van der Waals surface area contributed by atoms with Crippen LogP contribution in [0.3, 0.4) is 0 Å². The van der Waals surface area contributed by atoms with E-state index in [2.05, 4.69) is 10.4 Å². The molecule has 0 bridgehead atoms. The van der Waals surface area contributed by atoms with Gasteiger partial charge in [0, 0.05) is 19.6 Å². The summed E-state index contributed by atoms with van der Waals surface area (Å²) in [6, 6.07) is 0.566. The van der Waals surface area contributed by atoms with E-state index >= 15 is 0 Å². The Morgan fingerprint density at radius 1 is 1.45 bits per heavy atom. The minimum absolute atomic E-state index is 0.0294. The van der Waals surface area contributed by atoms with Crippen LogP contribution in [0.2, 0.25) is 0 Å². The van der Waals surface area contributed by atoms with Crippen molar-refractivity contribution < 1.29 is 19.8 Å². The van der Waals surface area contributed by atoms with Crippen LogP contribution in [0.15, 0.2) is 6.07 Å². The van der Waals surface area contributed by atoms with Gasteiger partial charge in [-0.25, -0.2) is 4.79 Å². The molecule has 1 aromatic heterocycles. The van der Waals surface area contributed by atoms with E-state index in [9.17, 15) is 9.59 Å². The highest BCUT2D eigenvalue weighted by atomic mass is 16.4. The van der Waals surface area contributed by atoms with Gasteiger partial charge in [-0.1, -0.05) is 13.8 Å². The molecule has 112 valence electrons. The molecule has 0 aliphatic heterocycles. The van der Waals surface area contributed by atoms with Gasteiger partial charge in [0.2, 0.25) is 0 Å². The maximum Gasteiger partial charge on any atom is 0.326 e. The number of aryl methyl sites for hydroxylation is 1. The van der Waals surface area contributed by atoms with E-state index in [-0.39, 0.29) is 18.9 Å². The van der Waals surface area contributed by atoms with E-state index in [0.29, 0.717) is 12.2 Å². The number of carboxylic acids is 1. The number of hydrogen-bond acceptors (Lipinski definition) is 4. The summed E-state index contributed by atoms with van der Waals surface area (Å²) >= 11 is 0. The van der Waals surface area contributed by atoms with Crippen molar-refractivity contribution in [3.05, 3.63) is 17.5 Å². The summed E-state index contributed by atoms with van der Waals surface area (Å²) in [5, 5.41) is 24.5. The summed E-state index contributed by atoms with van der Waals surface area (Å²) in [5.74, 6) is -1.48. The third kappa shape index (κ3) is 3.80. The highest BCUT2D eigenvalue weighted by molar-refractivity contribution is 5.95.